The lowest BCUT2D eigenvalue weighted by atomic mass is 10.1. The second kappa shape index (κ2) is 11.2. The smallest absolute Gasteiger partial charge is 0.333 e. The third kappa shape index (κ3) is 6.71. The molecular formula is C17H18N6O10S. The van der Waals surface area contributed by atoms with E-state index in [9.17, 15) is 37.7 Å². The van der Waals surface area contributed by atoms with Crippen LogP contribution in [0.25, 0.3) is 10.4 Å². The van der Waals surface area contributed by atoms with Crippen molar-refractivity contribution in [2.45, 2.75) is 37.4 Å². The van der Waals surface area contributed by atoms with Gasteiger partial charge < -0.3 is 10.2 Å². The minimum atomic E-state index is -4.82. The lowest BCUT2D eigenvalue weighted by Crippen LogP contribution is -2.36. The number of nitrogens with zero attached hydrogens (tertiary/aromatic N) is 5. The van der Waals surface area contributed by atoms with Crippen LogP contribution in [-0.4, -0.2) is 58.4 Å². The molecule has 0 saturated carbocycles. The Labute approximate surface area is 191 Å². The predicted molar refractivity (Wildman–Crippen MR) is 111 cm³/mol. The fourth-order valence-electron chi connectivity index (χ4n) is 2.91. The van der Waals surface area contributed by atoms with Gasteiger partial charge in [0.2, 0.25) is 0 Å². The Balaban J connectivity index is 1.77. The Bertz CT molecular complexity index is 1180. The first-order valence-electron chi connectivity index (χ1n) is 9.61. The SMILES string of the molecule is [N-]=[N+]=Nc1ccc([N+](=O)[O-])c(C(=O)NCCCCCC(=O)ON2C(=O)C[C@@H](S(=O)(=O)O)C2=O)c1. The van der Waals surface area contributed by atoms with Crippen molar-refractivity contribution in [2.24, 2.45) is 5.11 Å². The van der Waals surface area contributed by atoms with E-state index in [-0.39, 0.29) is 35.7 Å². The molecule has 1 heterocycles. The molecule has 2 N–H and O–H groups in total. The highest BCUT2D eigenvalue weighted by Crippen LogP contribution is 2.24. The molecule has 1 atom stereocenters. The van der Waals surface area contributed by atoms with E-state index in [4.69, 9.17) is 10.1 Å². The zero-order valence-corrected chi connectivity index (χ0v) is 18.1. The number of nitrogens with one attached hydrogen (secondary N) is 1. The molecule has 1 aromatic carbocycles. The molecule has 16 nitrogen and oxygen atoms in total. The first-order valence-corrected chi connectivity index (χ1v) is 11.1. The van der Waals surface area contributed by atoms with Crippen LogP contribution in [0.2, 0.25) is 0 Å². The Hall–Kier alpha value is -4.08. The lowest BCUT2D eigenvalue weighted by molar-refractivity contribution is -0.385. The first-order chi connectivity index (χ1) is 16.0. The summed E-state index contributed by atoms with van der Waals surface area (Å²) in [5, 5.41) is 14.9. The molecule has 0 aliphatic carbocycles. The van der Waals surface area contributed by atoms with Crippen LogP contribution in [0.4, 0.5) is 11.4 Å². The number of hydrogen-bond donors (Lipinski definition) is 2. The summed E-state index contributed by atoms with van der Waals surface area (Å²) in [6.07, 6.45) is -0.115. The summed E-state index contributed by atoms with van der Waals surface area (Å²) in [4.78, 5) is 65.0. The number of benzene rings is 1. The Kier molecular flexibility index (Phi) is 8.60. The van der Waals surface area contributed by atoms with Crippen molar-refractivity contribution < 1.29 is 41.9 Å². The molecule has 1 aromatic rings. The first kappa shape index (κ1) is 26.2. The number of carbonyl (C=O) groups excluding carboxylic acids is 4. The highest BCUT2D eigenvalue weighted by Gasteiger charge is 2.48. The second-order valence-corrected chi connectivity index (χ2v) is 8.51. The van der Waals surface area contributed by atoms with Gasteiger partial charge >= 0.3 is 5.97 Å². The van der Waals surface area contributed by atoms with Gasteiger partial charge in [-0.25, -0.2) is 4.79 Å². The number of unbranched alkanes of at least 4 members (excludes halogenated alkanes) is 2. The summed E-state index contributed by atoms with van der Waals surface area (Å²) >= 11 is 0. The van der Waals surface area contributed by atoms with Crippen LogP contribution in [0.15, 0.2) is 23.3 Å². The number of imide groups is 1. The Morgan fingerprint density at radius 2 is 2.03 bits per heavy atom. The third-order valence-electron chi connectivity index (χ3n) is 4.54. The van der Waals surface area contributed by atoms with Crippen molar-refractivity contribution in [1.29, 1.82) is 0 Å². The summed E-state index contributed by atoms with van der Waals surface area (Å²) in [7, 11) is -4.82. The maximum Gasteiger partial charge on any atom is 0.333 e. The fraction of sp³-hybridized carbons (Fsp3) is 0.412. The molecule has 0 radical (unpaired) electrons. The number of nitro groups is 1. The molecule has 3 amide bonds. The van der Waals surface area contributed by atoms with Gasteiger partial charge in [0.05, 0.1) is 11.3 Å². The molecule has 1 aliphatic heterocycles. The molecule has 2 rings (SSSR count). The van der Waals surface area contributed by atoms with Crippen LogP contribution >= 0.6 is 0 Å². The molecule has 1 saturated heterocycles. The number of hydroxylamine groups is 2. The summed E-state index contributed by atoms with van der Waals surface area (Å²) in [5.74, 6) is -4.18. The predicted octanol–water partition coefficient (Wildman–Crippen LogP) is 1.30. The normalized spacial score (nSPS) is 15.6. The molecular weight excluding hydrogens is 480 g/mol. The van der Waals surface area contributed by atoms with Crippen LogP contribution in [0.1, 0.15) is 42.5 Å². The maximum absolute atomic E-state index is 12.3. The molecule has 0 bridgehead atoms. The van der Waals surface area contributed by atoms with Gasteiger partial charge in [0.15, 0.2) is 5.25 Å². The van der Waals surface area contributed by atoms with Gasteiger partial charge in [-0.1, -0.05) is 11.5 Å². The van der Waals surface area contributed by atoms with Gasteiger partial charge in [-0.2, -0.15) is 8.42 Å². The maximum atomic E-state index is 12.3. The highest BCUT2D eigenvalue weighted by atomic mass is 32.2. The van der Waals surface area contributed by atoms with Crippen LogP contribution < -0.4 is 5.32 Å². The van der Waals surface area contributed by atoms with E-state index in [0.29, 0.717) is 12.8 Å². The van der Waals surface area contributed by atoms with E-state index in [1.54, 1.807) is 0 Å². The zero-order chi connectivity index (χ0) is 25.5. The second-order valence-electron chi connectivity index (χ2n) is 6.91. The zero-order valence-electron chi connectivity index (χ0n) is 17.3. The van der Waals surface area contributed by atoms with Crippen molar-refractivity contribution in [3.63, 3.8) is 0 Å². The number of hydrogen-bond acceptors (Lipinski definition) is 10. The molecule has 0 unspecified atom stereocenters. The minimum Gasteiger partial charge on any atom is -0.352 e. The molecule has 34 heavy (non-hydrogen) atoms. The summed E-state index contributed by atoms with van der Waals surface area (Å²) in [5.41, 5.74) is 7.72. The van der Waals surface area contributed by atoms with E-state index in [2.05, 4.69) is 20.2 Å². The summed E-state index contributed by atoms with van der Waals surface area (Å²) in [6, 6.07) is 3.31. The molecule has 1 aliphatic rings. The van der Waals surface area contributed by atoms with Gasteiger partial charge in [-0.15, -0.1) is 5.06 Å². The Morgan fingerprint density at radius 3 is 2.62 bits per heavy atom. The van der Waals surface area contributed by atoms with E-state index >= 15 is 0 Å². The number of azide groups is 1. The van der Waals surface area contributed by atoms with Crippen LogP contribution in [-0.2, 0) is 29.3 Å². The number of amides is 3. The van der Waals surface area contributed by atoms with E-state index in [1.807, 2.05) is 0 Å². The van der Waals surface area contributed by atoms with Crippen molar-refractivity contribution in [3.8, 4) is 0 Å². The van der Waals surface area contributed by atoms with Gasteiger partial charge in [-0.05, 0) is 30.5 Å². The lowest BCUT2D eigenvalue weighted by Gasteiger charge is -2.13. The monoisotopic (exact) mass is 498 g/mol. The number of carbonyl (C=O) groups is 4. The van der Waals surface area contributed by atoms with E-state index in [0.717, 1.165) is 12.1 Å². The van der Waals surface area contributed by atoms with Gasteiger partial charge in [0.25, 0.3) is 33.5 Å². The summed E-state index contributed by atoms with van der Waals surface area (Å²) in [6.45, 7) is 0.0932. The highest BCUT2D eigenvalue weighted by molar-refractivity contribution is 7.87. The van der Waals surface area contributed by atoms with Gasteiger partial charge in [0.1, 0.15) is 5.56 Å². The fourth-order valence-corrected chi connectivity index (χ4v) is 3.61. The van der Waals surface area contributed by atoms with Gasteiger partial charge in [0, 0.05) is 29.6 Å². The minimum absolute atomic E-state index is 0.0123. The van der Waals surface area contributed by atoms with Crippen LogP contribution in [0.3, 0.4) is 0 Å². The molecule has 1 fully saturated rings. The van der Waals surface area contributed by atoms with E-state index < -0.39 is 56.1 Å². The van der Waals surface area contributed by atoms with Crippen molar-refractivity contribution in [1.82, 2.24) is 10.4 Å². The average molecular weight is 498 g/mol. The van der Waals surface area contributed by atoms with E-state index in [1.165, 1.54) is 6.07 Å². The Morgan fingerprint density at radius 1 is 1.32 bits per heavy atom. The largest absolute Gasteiger partial charge is 0.352 e. The van der Waals surface area contributed by atoms with Crippen LogP contribution in [0.5, 0.6) is 0 Å². The number of rotatable bonds is 11. The standard InChI is InChI=1S/C17H18N6O10S/c18-21-20-10-5-6-12(23(28)29)11(8-10)16(26)19-7-3-1-2-4-15(25)33-22-14(24)9-13(17(22)27)34(30,31)32/h5-6,8,13H,1-4,7,9H2,(H,19,26)(H,30,31,32)/t13-/m1/s1. The van der Waals surface area contributed by atoms with Crippen molar-refractivity contribution in [3.05, 3.63) is 44.3 Å². The van der Waals surface area contributed by atoms with Crippen LogP contribution in [0, 0.1) is 10.1 Å². The van der Waals surface area contributed by atoms with Crippen molar-refractivity contribution >= 4 is 45.2 Å². The van der Waals surface area contributed by atoms with Crippen molar-refractivity contribution in [2.75, 3.05) is 6.54 Å². The topological polar surface area (TPSA) is 239 Å². The van der Waals surface area contributed by atoms with Gasteiger partial charge in [-0.3, -0.25) is 29.1 Å². The molecule has 0 aromatic heterocycles. The quantitative estimate of drug-likeness (QED) is 0.0647. The molecule has 182 valence electrons. The summed E-state index contributed by atoms with van der Waals surface area (Å²) < 4.78 is 31.0. The molecule has 17 heteroatoms. The average Bonchev–Trinajstić information content (AvgIpc) is 3.04. The molecule has 0 spiro atoms. The third-order valence-corrected chi connectivity index (χ3v) is 5.63. The number of nitro benzene ring substituents is 1.